The lowest BCUT2D eigenvalue weighted by Gasteiger charge is -2.08. The van der Waals surface area contributed by atoms with Crippen LogP contribution in [0.25, 0.3) is 10.6 Å². The molecule has 0 aliphatic rings. The van der Waals surface area contributed by atoms with E-state index in [1.807, 2.05) is 23.6 Å². The topological polar surface area (TPSA) is 95.5 Å². The number of hydrogen-bond donors (Lipinski definition) is 1. The van der Waals surface area contributed by atoms with Crippen molar-refractivity contribution in [3.63, 3.8) is 0 Å². The molecular formula is C19H20N4O4S. The Morgan fingerprint density at radius 1 is 1.14 bits per heavy atom. The molecule has 0 spiro atoms. The molecule has 8 nitrogen and oxygen atoms in total. The Kier molecular flexibility index (Phi) is 6.74. The quantitative estimate of drug-likeness (QED) is 0.547. The monoisotopic (exact) mass is 400 g/mol. The summed E-state index contributed by atoms with van der Waals surface area (Å²) >= 11 is 1.47. The van der Waals surface area contributed by atoms with E-state index >= 15 is 0 Å². The van der Waals surface area contributed by atoms with Crippen LogP contribution in [0.3, 0.4) is 0 Å². The van der Waals surface area contributed by atoms with E-state index in [1.165, 1.54) is 11.3 Å². The van der Waals surface area contributed by atoms with E-state index in [1.54, 1.807) is 32.7 Å². The van der Waals surface area contributed by atoms with Crippen molar-refractivity contribution >= 4 is 23.3 Å². The zero-order valence-corrected chi connectivity index (χ0v) is 16.4. The Bertz CT molecular complexity index is 917. The van der Waals surface area contributed by atoms with E-state index in [9.17, 15) is 4.79 Å². The van der Waals surface area contributed by atoms with Gasteiger partial charge in [-0.25, -0.2) is 15.0 Å². The Hall–Kier alpha value is -3.20. The van der Waals surface area contributed by atoms with Gasteiger partial charge in [0.25, 0.3) is 0 Å². The lowest BCUT2D eigenvalue weighted by Crippen LogP contribution is -2.12. The minimum atomic E-state index is -0.316. The first-order valence-corrected chi connectivity index (χ1v) is 9.41. The Morgan fingerprint density at radius 2 is 1.93 bits per heavy atom. The average molecular weight is 400 g/mol. The first kappa shape index (κ1) is 19.6. The van der Waals surface area contributed by atoms with Crippen LogP contribution in [0.15, 0.2) is 42.0 Å². The second-order valence-electron chi connectivity index (χ2n) is 5.62. The number of thiazole rings is 1. The fourth-order valence-corrected chi connectivity index (χ4v) is 3.17. The van der Waals surface area contributed by atoms with E-state index in [2.05, 4.69) is 20.3 Å². The third kappa shape index (κ3) is 5.17. The molecule has 1 aromatic carbocycles. The standard InChI is InChI=1S/C19H20N4O4S/c1-25-15-5-4-13(10-16(15)26-2)18-23-14(12-28-18)11-27-17(24)6-9-22-19-20-7-3-8-21-19/h3-5,7-8,10,12H,6,9,11H2,1-2H3,(H,20,21,22). The fourth-order valence-electron chi connectivity index (χ4n) is 2.37. The summed E-state index contributed by atoms with van der Waals surface area (Å²) in [5.74, 6) is 1.46. The number of anilines is 1. The molecule has 3 aromatic rings. The molecule has 0 saturated carbocycles. The molecule has 2 heterocycles. The lowest BCUT2D eigenvalue weighted by molar-refractivity contribution is -0.144. The average Bonchev–Trinajstić information content (AvgIpc) is 3.21. The molecule has 0 atom stereocenters. The molecule has 0 fully saturated rings. The molecular weight excluding hydrogens is 380 g/mol. The molecule has 2 aromatic heterocycles. The van der Waals surface area contributed by atoms with Crippen molar-refractivity contribution in [3.05, 3.63) is 47.7 Å². The summed E-state index contributed by atoms with van der Waals surface area (Å²) in [6, 6.07) is 7.33. The number of methoxy groups -OCH3 is 2. The largest absolute Gasteiger partial charge is 0.493 e. The van der Waals surface area contributed by atoms with Gasteiger partial charge in [-0.1, -0.05) is 0 Å². The zero-order chi connectivity index (χ0) is 19.8. The minimum Gasteiger partial charge on any atom is -0.493 e. The smallest absolute Gasteiger partial charge is 0.307 e. The van der Waals surface area contributed by atoms with Crippen molar-refractivity contribution in [1.82, 2.24) is 15.0 Å². The van der Waals surface area contributed by atoms with Crippen molar-refractivity contribution in [2.45, 2.75) is 13.0 Å². The lowest BCUT2D eigenvalue weighted by atomic mass is 10.2. The van der Waals surface area contributed by atoms with Crippen LogP contribution in [0.2, 0.25) is 0 Å². The van der Waals surface area contributed by atoms with Gasteiger partial charge in [0.05, 0.1) is 26.3 Å². The van der Waals surface area contributed by atoms with Crippen molar-refractivity contribution < 1.29 is 19.0 Å². The molecule has 0 radical (unpaired) electrons. The van der Waals surface area contributed by atoms with Crippen LogP contribution < -0.4 is 14.8 Å². The normalized spacial score (nSPS) is 10.4. The van der Waals surface area contributed by atoms with Crippen LogP contribution >= 0.6 is 11.3 Å². The van der Waals surface area contributed by atoms with Crippen LogP contribution in [0.4, 0.5) is 5.95 Å². The second kappa shape index (κ2) is 9.65. The third-order valence-corrected chi connectivity index (χ3v) is 4.68. The van der Waals surface area contributed by atoms with Gasteiger partial charge in [-0.3, -0.25) is 4.79 Å². The molecule has 0 unspecified atom stereocenters. The number of carbonyl (C=O) groups is 1. The highest BCUT2D eigenvalue weighted by Gasteiger charge is 2.11. The number of nitrogens with one attached hydrogen (secondary N) is 1. The van der Waals surface area contributed by atoms with Crippen molar-refractivity contribution in [3.8, 4) is 22.1 Å². The van der Waals surface area contributed by atoms with Gasteiger partial charge in [0.15, 0.2) is 11.5 Å². The molecule has 28 heavy (non-hydrogen) atoms. The summed E-state index contributed by atoms with van der Waals surface area (Å²) in [6.07, 6.45) is 3.47. The molecule has 1 N–H and O–H groups in total. The number of ether oxygens (including phenoxy) is 3. The van der Waals surface area contributed by atoms with Crippen LogP contribution in [-0.2, 0) is 16.1 Å². The Balaban J connectivity index is 1.50. The Labute approximate surface area is 166 Å². The molecule has 3 rings (SSSR count). The van der Waals surface area contributed by atoms with Crippen molar-refractivity contribution in [1.29, 1.82) is 0 Å². The van der Waals surface area contributed by atoms with Gasteiger partial charge in [0, 0.05) is 29.9 Å². The molecule has 0 aliphatic carbocycles. The predicted octanol–water partition coefficient (Wildman–Crippen LogP) is 3.16. The number of carbonyl (C=O) groups excluding carboxylic acids is 1. The summed E-state index contributed by atoms with van der Waals surface area (Å²) in [5.41, 5.74) is 1.61. The summed E-state index contributed by atoms with van der Waals surface area (Å²) in [5, 5.41) is 5.65. The molecule has 0 aliphatic heterocycles. The van der Waals surface area contributed by atoms with E-state index in [0.717, 1.165) is 10.6 Å². The minimum absolute atomic E-state index is 0.129. The Morgan fingerprint density at radius 3 is 2.68 bits per heavy atom. The van der Waals surface area contributed by atoms with Crippen LogP contribution in [0, 0.1) is 0 Å². The number of aromatic nitrogens is 3. The van der Waals surface area contributed by atoms with E-state index in [-0.39, 0.29) is 19.0 Å². The third-order valence-electron chi connectivity index (χ3n) is 3.74. The van der Waals surface area contributed by atoms with Crippen LogP contribution in [0.5, 0.6) is 11.5 Å². The van der Waals surface area contributed by atoms with Crippen LogP contribution in [-0.4, -0.2) is 41.7 Å². The van der Waals surface area contributed by atoms with Gasteiger partial charge in [0.2, 0.25) is 5.95 Å². The fraction of sp³-hybridized carbons (Fsp3) is 0.263. The number of rotatable bonds is 9. The number of benzene rings is 1. The van der Waals surface area contributed by atoms with Gasteiger partial charge in [0.1, 0.15) is 11.6 Å². The predicted molar refractivity (Wildman–Crippen MR) is 106 cm³/mol. The van der Waals surface area contributed by atoms with Crippen LogP contribution in [0.1, 0.15) is 12.1 Å². The van der Waals surface area contributed by atoms with Gasteiger partial charge in [-0.05, 0) is 24.3 Å². The molecule has 0 saturated heterocycles. The summed E-state index contributed by atoms with van der Waals surface area (Å²) in [7, 11) is 3.18. The zero-order valence-electron chi connectivity index (χ0n) is 15.5. The highest BCUT2D eigenvalue weighted by atomic mass is 32.1. The first-order chi connectivity index (χ1) is 13.7. The maximum atomic E-state index is 11.9. The highest BCUT2D eigenvalue weighted by Crippen LogP contribution is 2.33. The summed E-state index contributed by atoms with van der Waals surface area (Å²) < 4.78 is 15.8. The number of hydrogen-bond acceptors (Lipinski definition) is 9. The van der Waals surface area contributed by atoms with Crippen molar-refractivity contribution in [2.75, 3.05) is 26.1 Å². The van der Waals surface area contributed by atoms with Gasteiger partial charge >= 0.3 is 5.97 Å². The SMILES string of the molecule is COc1ccc(-c2nc(COC(=O)CCNc3ncccn3)cs2)cc1OC. The first-order valence-electron chi connectivity index (χ1n) is 8.53. The summed E-state index contributed by atoms with van der Waals surface area (Å²) in [6.45, 7) is 0.529. The van der Waals surface area contributed by atoms with E-state index < -0.39 is 0 Å². The molecule has 0 amide bonds. The number of esters is 1. The summed E-state index contributed by atoms with van der Waals surface area (Å²) in [4.78, 5) is 24.4. The van der Waals surface area contributed by atoms with E-state index in [4.69, 9.17) is 14.2 Å². The van der Waals surface area contributed by atoms with Gasteiger partial charge in [-0.2, -0.15) is 0 Å². The number of nitrogens with zero attached hydrogens (tertiary/aromatic N) is 3. The highest BCUT2D eigenvalue weighted by molar-refractivity contribution is 7.13. The van der Waals surface area contributed by atoms with Gasteiger partial charge in [-0.15, -0.1) is 11.3 Å². The second-order valence-corrected chi connectivity index (χ2v) is 6.48. The molecule has 0 bridgehead atoms. The maximum Gasteiger partial charge on any atom is 0.307 e. The van der Waals surface area contributed by atoms with E-state index in [0.29, 0.717) is 29.7 Å². The molecule has 146 valence electrons. The van der Waals surface area contributed by atoms with Gasteiger partial charge < -0.3 is 19.5 Å². The molecule has 9 heteroatoms. The van der Waals surface area contributed by atoms with Crippen molar-refractivity contribution in [2.24, 2.45) is 0 Å². The maximum absolute atomic E-state index is 11.9.